The minimum absolute atomic E-state index is 0.0156. The number of hydrogen-bond donors (Lipinski definition) is 1. The fourth-order valence-electron chi connectivity index (χ4n) is 1.74. The molecule has 0 saturated carbocycles. The predicted octanol–water partition coefficient (Wildman–Crippen LogP) is 1.32. The highest BCUT2D eigenvalue weighted by molar-refractivity contribution is 5.95. The number of hydrogen-bond acceptors (Lipinski definition) is 2. The molecule has 1 aromatic rings. The molecule has 1 fully saturated rings. The van der Waals surface area contributed by atoms with E-state index in [4.69, 9.17) is 0 Å². The minimum atomic E-state index is -0.808. The molecule has 1 amide bonds. The number of carbonyl (C=O) groups is 1. The van der Waals surface area contributed by atoms with Crippen LogP contribution in [0.25, 0.3) is 0 Å². The van der Waals surface area contributed by atoms with Crippen LogP contribution in [0.3, 0.4) is 0 Å². The highest BCUT2D eigenvalue weighted by Crippen LogP contribution is 2.19. The number of nitrogens with one attached hydrogen (secondary N) is 1. The number of rotatable bonds is 2. The van der Waals surface area contributed by atoms with E-state index in [1.165, 1.54) is 17.9 Å². The van der Waals surface area contributed by atoms with E-state index < -0.39 is 23.1 Å². The van der Waals surface area contributed by atoms with Gasteiger partial charge in [-0.1, -0.05) is 6.07 Å². The molecule has 0 aromatic heterocycles. The molecule has 1 N–H and O–H groups in total. The first kappa shape index (κ1) is 12.0. The Labute approximate surface area is 98.4 Å². The van der Waals surface area contributed by atoms with Crippen molar-refractivity contribution in [1.29, 1.82) is 0 Å². The van der Waals surface area contributed by atoms with Crippen molar-refractivity contribution in [3.63, 3.8) is 0 Å². The summed E-state index contributed by atoms with van der Waals surface area (Å²) < 4.78 is 27.3. The van der Waals surface area contributed by atoms with Gasteiger partial charge in [0.05, 0.1) is 6.04 Å². The molecule has 0 unspecified atom stereocenters. The summed E-state index contributed by atoms with van der Waals surface area (Å²) in [7, 11) is 1.56. The molecule has 0 aliphatic carbocycles. The topological polar surface area (TPSA) is 32.3 Å². The molecule has 1 aliphatic heterocycles. The van der Waals surface area contributed by atoms with Crippen LogP contribution in [-0.2, 0) is 0 Å². The summed E-state index contributed by atoms with van der Waals surface area (Å²) in [6.07, 6.45) is 0. The zero-order valence-electron chi connectivity index (χ0n) is 9.76. The largest absolute Gasteiger partial charge is 0.336 e. The molecule has 5 heteroatoms. The van der Waals surface area contributed by atoms with Crippen LogP contribution in [0.2, 0.25) is 0 Å². The summed E-state index contributed by atoms with van der Waals surface area (Å²) in [4.78, 5) is 13.4. The number of amides is 1. The van der Waals surface area contributed by atoms with Crippen LogP contribution in [0.4, 0.5) is 8.78 Å². The minimum Gasteiger partial charge on any atom is -0.336 e. The first-order valence-electron chi connectivity index (χ1n) is 5.45. The Morgan fingerprint density at radius 3 is 2.59 bits per heavy atom. The van der Waals surface area contributed by atoms with Crippen molar-refractivity contribution in [2.45, 2.75) is 13.0 Å². The quantitative estimate of drug-likeness (QED) is 0.845. The fraction of sp³-hybridized carbons (Fsp3) is 0.417. The van der Waals surface area contributed by atoms with Gasteiger partial charge in [-0.3, -0.25) is 4.79 Å². The maximum absolute atomic E-state index is 13.8. The molecular formula is C12H14F2N2O. The zero-order chi connectivity index (χ0) is 12.6. The Morgan fingerprint density at radius 2 is 2.06 bits per heavy atom. The number of carbonyl (C=O) groups excluding carboxylic acids is 1. The third-order valence-electron chi connectivity index (χ3n) is 3.13. The van der Waals surface area contributed by atoms with E-state index in [0.29, 0.717) is 13.1 Å². The molecule has 0 bridgehead atoms. The number of likely N-dealkylation sites (N-methyl/N-ethyl adjacent to an activating group) is 1. The predicted molar refractivity (Wildman–Crippen MR) is 59.8 cm³/mol. The van der Waals surface area contributed by atoms with Gasteiger partial charge < -0.3 is 10.2 Å². The van der Waals surface area contributed by atoms with Gasteiger partial charge in [0.15, 0.2) is 0 Å². The van der Waals surface area contributed by atoms with Crippen molar-refractivity contribution >= 4 is 5.91 Å². The maximum Gasteiger partial charge on any atom is 0.259 e. The van der Waals surface area contributed by atoms with E-state index in [1.807, 2.05) is 0 Å². The van der Waals surface area contributed by atoms with Gasteiger partial charge >= 0.3 is 0 Å². The van der Waals surface area contributed by atoms with Crippen molar-refractivity contribution in [3.8, 4) is 0 Å². The lowest BCUT2D eigenvalue weighted by molar-refractivity contribution is 0.0671. The van der Waals surface area contributed by atoms with Crippen LogP contribution in [-0.4, -0.2) is 37.0 Å². The van der Waals surface area contributed by atoms with E-state index in [-0.39, 0.29) is 11.6 Å². The molecule has 1 heterocycles. The number of halogens is 2. The highest BCUT2D eigenvalue weighted by Gasteiger charge is 2.29. The second kappa shape index (κ2) is 4.41. The van der Waals surface area contributed by atoms with Gasteiger partial charge in [0.2, 0.25) is 0 Å². The van der Waals surface area contributed by atoms with E-state index in [9.17, 15) is 13.6 Å². The average molecular weight is 240 g/mol. The van der Waals surface area contributed by atoms with Crippen LogP contribution in [0, 0.1) is 18.6 Å². The summed E-state index contributed by atoms with van der Waals surface area (Å²) in [6.45, 7) is 2.84. The lowest BCUT2D eigenvalue weighted by Gasteiger charge is -2.35. The molecule has 17 heavy (non-hydrogen) atoms. The lowest BCUT2D eigenvalue weighted by atomic mass is 10.1. The maximum atomic E-state index is 13.8. The van der Waals surface area contributed by atoms with Gasteiger partial charge in [-0.05, 0) is 18.6 Å². The first-order valence-corrected chi connectivity index (χ1v) is 5.45. The third kappa shape index (κ3) is 2.02. The lowest BCUT2D eigenvalue weighted by Crippen LogP contribution is -2.57. The van der Waals surface area contributed by atoms with Crippen LogP contribution in [0.1, 0.15) is 15.9 Å². The Bertz CT molecular complexity index is 458. The van der Waals surface area contributed by atoms with E-state index in [2.05, 4.69) is 5.32 Å². The highest BCUT2D eigenvalue weighted by atomic mass is 19.1. The first-order chi connectivity index (χ1) is 8.02. The third-order valence-corrected chi connectivity index (χ3v) is 3.13. The average Bonchev–Trinajstić information content (AvgIpc) is 2.21. The van der Waals surface area contributed by atoms with Crippen molar-refractivity contribution in [1.82, 2.24) is 10.2 Å². The van der Waals surface area contributed by atoms with Crippen LogP contribution in [0.5, 0.6) is 0 Å². The van der Waals surface area contributed by atoms with Gasteiger partial charge in [-0.2, -0.15) is 0 Å². The van der Waals surface area contributed by atoms with E-state index >= 15 is 0 Å². The normalized spacial score (nSPS) is 15.5. The van der Waals surface area contributed by atoms with Gasteiger partial charge in [0, 0.05) is 20.1 Å². The number of nitrogens with zero attached hydrogens (tertiary/aromatic N) is 1. The Hall–Kier alpha value is -1.49. The summed E-state index contributed by atoms with van der Waals surface area (Å²) in [6, 6.07) is 2.46. The molecule has 2 rings (SSSR count). The van der Waals surface area contributed by atoms with Crippen LogP contribution >= 0.6 is 0 Å². The molecule has 1 aliphatic rings. The summed E-state index contributed by atoms with van der Waals surface area (Å²) in [5.74, 6) is -2.18. The van der Waals surface area contributed by atoms with Crippen molar-refractivity contribution < 1.29 is 13.6 Å². The van der Waals surface area contributed by atoms with Gasteiger partial charge in [0.25, 0.3) is 5.91 Å². The standard InChI is InChI=1S/C12H14F2N2O/c1-7-3-4-9(13)10(11(7)14)12(17)16(2)8-5-15-6-8/h3-4,8,15H,5-6H2,1-2H3. The smallest absolute Gasteiger partial charge is 0.259 e. The van der Waals surface area contributed by atoms with Crippen molar-refractivity contribution in [2.75, 3.05) is 20.1 Å². The Kier molecular flexibility index (Phi) is 3.11. The molecule has 0 spiro atoms. The summed E-state index contributed by atoms with van der Waals surface area (Å²) >= 11 is 0. The SMILES string of the molecule is Cc1ccc(F)c(C(=O)N(C)C2CNC2)c1F. The molecule has 92 valence electrons. The summed E-state index contributed by atoms with van der Waals surface area (Å²) in [5, 5.41) is 3.01. The van der Waals surface area contributed by atoms with Gasteiger partial charge in [-0.25, -0.2) is 8.78 Å². The number of benzene rings is 1. The second-order valence-electron chi connectivity index (χ2n) is 4.28. The van der Waals surface area contributed by atoms with Crippen molar-refractivity contribution in [2.24, 2.45) is 0 Å². The van der Waals surface area contributed by atoms with Crippen LogP contribution < -0.4 is 5.32 Å². The molecular weight excluding hydrogens is 226 g/mol. The molecule has 0 atom stereocenters. The zero-order valence-corrected chi connectivity index (χ0v) is 9.76. The van der Waals surface area contributed by atoms with Crippen LogP contribution in [0.15, 0.2) is 12.1 Å². The van der Waals surface area contributed by atoms with Gasteiger partial charge in [-0.15, -0.1) is 0 Å². The Balaban J connectivity index is 2.32. The van der Waals surface area contributed by atoms with Gasteiger partial charge in [0.1, 0.15) is 17.2 Å². The molecule has 0 radical (unpaired) electrons. The fourth-order valence-corrected chi connectivity index (χ4v) is 1.74. The van der Waals surface area contributed by atoms with E-state index in [0.717, 1.165) is 6.07 Å². The van der Waals surface area contributed by atoms with Crippen molar-refractivity contribution in [3.05, 3.63) is 34.9 Å². The Morgan fingerprint density at radius 1 is 1.41 bits per heavy atom. The van der Waals surface area contributed by atoms with E-state index in [1.54, 1.807) is 7.05 Å². The molecule has 3 nitrogen and oxygen atoms in total. The second-order valence-corrected chi connectivity index (χ2v) is 4.28. The number of aryl methyl sites for hydroxylation is 1. The summed E-state index contributed by atoms with van der Waals surface area (Å²) in [5.41, 5.74) is -0.186. The molecule has 1 aromatic carbocycles. The molecule has 1 saturated heterocycles. The monoisotopic (exact) mass is 240 g/mol.